The molecule has 5 rings (SSSR count). The van der Waals surface area contributed by atoms with E-state index in [1.807, 2.05) is 0 Å². The van der Waals surface area contributed by atoms with Crippen molar-refractivity contribution >= 4 is 32.3 Å². The van der Waals surface area contributed by atoms with Crippen LogP contribution in [0, 0.1) is 11.6 Å². The first-order valence-electron chi connectivity index (χ1n) is 10.1. The monoisotopic (exact) mass is 490 g/mol. The molecular weight excluding hydrogens is 474 g/mol. The van der Waals surface area contributed by atoms with Gasteiger partial charge in [-0.2, -0.15) is 5.10 Å². The molecule has 4 aromatic rings. The number of sulfone groups is 1. The van der Waals surface area contributed by atoms with Crippen LogP contribution in [0.25, 0.3) is 22.4 Å². The van der Waals surface area contributed by atoms with Gasteiger partial charge in [-0.25, -0.2) is 27.2 Å². The van der Waals surface area contributed by atoms with Gasteiger partial charge in [-0.05, 0) is 13.0 Å². The fourth-order valence-electron chi connectivity index (χ4n) is 3.89. The summed E-state index contributed by atoms with van der Waals surface area (Å²) in [6.07, 6.45) is 0. The first-order chi connectivity index (χ1) is 15.8. The predicted molar refractivity (Wildman–Crippen MR) is 119 cm³/mol. The Balaban J connectivity index is 1.61. The molecule has 0 bridgehead atoms. The Bertz CT molecular complexity index is 1500. The molecule has 0 saturated carbocycles. The number of para-hydroxylation sites is 1. The van der Waals surface area contributed by atoms with Crippen molar-refractivity contribution < 1.29 is 21.9 Å². The van der Waals surface area contributed by atoms with Crippen molar-refractivity contribution in [3.05, 3.63) is 70.0 Å². The molecule has 0 saturated heterocycles. The summed E-state index contributed by atoms with van der Waals surface area (Å²) >= 11 is 6.26. The van der Waals surface area contributed by atoms with Gasteiger partial charge in [0, 0.05) is 28.6 Å². The Morgan fingerprint density at radius 3 is 2.58 bits per heavy atom. The summed E-state index contributed by atoms with van der Waals surface area (Å²) in [5, 5.41) is 5.21. The summed E-state index contributed by atoms with van der Waals surface area (Å²) in [6, 6.07) is 9.38. The number of rotatable bonds is 5. The van der Waals surface area contributed by atoms with Crippen molar-refractivity contribution in [3.8, 4) is 17.3 Å². The van der Waals surface area contributed by atoms with Crippen molar-refractivity contribution in [1.29, 1.82) is 0 Å². The van der Waals surface area contributed by atoms with E-state index >= 15 is 0 Å². The van der Waals surface area contributed by atoms with E-state index in [0.717, 1.165) is 12.1 Å². The van der Waals surface area contributed by atoms with Crippen molar-refractivity contribution in [2.45, 2.75) is 25.0 Å². The van der Waals surface area contributed by atoms with Crippen molar-refractivity contribution in [2.24, 2.45) is 0 Å². The number of halogens is 3. The van der Waals surface area contributed by atoms with Crippen LogP contribution in [0.15, 0.2) is 36.4 Å². The molecule has 0 spiro atoms. The van der Waals surface area contributed by atoms with E-state index in [-0.39, 0.29) is 46.9 Å². The molecular formula is C22H17ClF2N4O3S. The zero-order chi connectivity index (χ0) is 23.3. The second-order valence-electron chi connectivity index (χ2n) is 7.62. The lowest BCUT2D eigenvalue weighted by molar-refractivity contribution is 0.335. The maximum Gasteiger partial charge on any atom is 0.182 e. The van der Waals surface area contributed by atoms with Gasteiger partial charge in [0.05, 0.1) is 35.9 Å². The zero-order valence-electron chi connectivity index (χ0n) is 17.3. The van der Waals surface area contributed by atoms with Crippen LogP contribution in [-0.2, 0) is 27.9 Å². The summed E-state index contributed by atoms with van der Waals surface area (Å²) in [6.45, 7) is 1.83. The van der Waals surface area contributed by atoms with Crippen LogP contribution in [0.2, 0.25) is 5.15 Å². The molecule has 3 heterocycles. The number of hydrogen-bond donors (Lipinski definition) is 0. The van der Waals surface area contributed by atoms with Gasteiger partial charge in [-0.3, -0.25) is 4.68 Å². The molecule has 0 atom stereocenters. The SMILES string of the molecule is CCOc1cc(F)c(Cn2nc(-c3nc(Cl)c4c(n3)CS(=O)(=O)C4)c3ccccc32)c(F)c1. The van der Waals surface area contributed by atoms with Crippen LogP contribution in [0.3, 0.4) is 0 Å². The summed E-state index contributed by atoms with van der Waals surface area (Å²) in [5.41, 5.74) is 1.51. The van der Waals surface area contributed by atoms with Crippen LogP contribution >= 0.6 is 11.6 Å². The first-order valence-corrected chi connectivity index (χ1v) is 12.3. The van der Waals surface area contributed by atoms with E-state index in [0.29, 0.717) is 27.9 Å². The standard InChI is InChI=1S/C22H17ClF2N4O3S/c1-2-32-12-7-16(24)14(17(25)8-12)9-29-19-6-4-3-5-13(19)20(28-29)22-26-18-11-33(30,31)10-15(18)21(23)27-22/h3-8H,2,9-11H2,1H3. The number of fused-ring (bicyclic) bond motifs is 2. The van der Waals surface area contributed by atoms with Crippen molar-refractivity contribution in [3.63, 3.8) is 0 Å². The highest BCUT2D eigenvalue weighted by Crippen LogP contribution is 2.33. The number of hydrogen-bond acceptors (Lipinski definition) is 6. The minimum Gasteiger partial charge on any atom is -0.494 e. The summed E-state index contributed by atoms with van der Waals surface area (Å²) < 4.78 is 60.0. The van der Waals surface area contributed by atoms with Crippen LogP contribution < -0.4 is 4.74 Å². The Kier molecular flexibility index (Phi) is 5.29. The number of aromatic nitrogens is 4. The summed E-state index contributed by atoms with van der Waals surface area (Å²) in [7, 11) is -3.33. The van der Waals surface area contributed by atoms with Crippen molar-refractivity contribution in [1.82, 2.24) is 19.7 Å². The zero-order valence-corrected chi connectivity index (χ0v) is 18.9. The molecule has 1 aliphatic rings. The Labute approximate surface area is 192 Å². The Morgan fingerprint density at radius 2 is 1.85 bits per heavy atom. The summed E-state index contributed by atoms with van der Waals surface area (Å²) in [5.74, 6) is -1.66. The number of ether oxygens (including phenoxy) is 1. The molecule has 33 heavy (non-hydrogen) atoms. The van der Waals surface area contributed by atoms with Gasteiger partial charge in [-0.1, -0.05) is 29.8 Å². The van der Waals surface area contributed by atoms with Gasteiger partial charge >= 0.3 is 0 Å². The maximum absolute atomic E-state index is 14.7. The third kappa shape index (κ3) is 3.93. The highest BCUT2D eigenvalue weighted by Gasteiger charge is 2.30. The van der Waals surface area contributed by atoms with Crippen LogP contribution in [-0.4, -0.2) is 34.8 Å². The van der Waals surface area contributed by atoms with Gasteiger partial charge in [0.2, 0.25) is 0 Å². The molecule has 170 valence electrons. The number of nitrogens with zero attached hydrogens (tertiary/aromatic N) is 4. The normalized spacial score (nSPS) is 14.5. The third-order valence-electron chi connectivity index (χ3n) is 5.37. The van der Waals surface area contributed by atoms with Gasteiger partial charge in [0.1, 0.15) is 28.2 Å². The van der Waals surface area contributed by atoms with Crippen LogP contribution in [0.5, 0.6) is 5.75 Å². The molecule has 0 unspecified atom stereocenters. The van der Waals surface area contributed by atoms with E-state index in [4.69, 9.17) is 16.3 Å². The smallest absolute Gasteiger partial charge is 0.182 e. The minimum atomic E-state index is -3.33. The molecule has 1 aliphatic heterocycles. The Morgan fingerprint density at radius 1 is 1.12 bits per heavy atom. The van der Waals surface area contributed by atoms with E-state index in [1.165, 1.54) is 4.68 Å². The summed E-state index contributed by atoms with van der Waals surface area (Å²) in [4.78, 5) is 8.67. The van der Waals surface area contributed by atoms with Gasteiger partial charge in [0.15, 0.2) is 15.7 Å². The maximum atomic E-state index is 14.7. The minimum absolute atomic E-state index is 0.0540. The van der Waals surface area contributed by atoms with E-state index in [9.17, 15) is 17.2 Å². The lowest BCUT2D eigenvalue weighted by atomic mass is 10.1. The topological polar surface area (TPSA) is 87.0 Å². The highest BCUT2D eigenvalue weighted by molar-refractivity contribution is 7.90. The lowest BCUT2D eigenvalue weighted by Gasteiger charge is -2.09. The number of benzene rings is 2. The molecule has 0 fully saturated rings. The Hall–Kier alpha value is -3.11. The average molecular weight is 491 g/mol. The fourth-order valence-corrected chi connectivity index (χ4v) is 5.73. The average Bonchev–Trinajstić information content (AvgIpc) is 3.27. The molecule has 0 radical (unpaired) electrons. The van der Waals surface area contributed by atoms with Gasteiger partial charge in [0.25, 0.3) is 0 Å². The fraction of sp³-hybridized carbons (Fsp3) is 0.227. The lowest BCUT2D eigenvalue weighted by Crippen LogP contribution is -2.07. The molecule has 0 aliphatic carbocycles. The van der Waals surface area contributed by atoms with E-state index in [1.54, 1.807) is 31.2 Å². The van der Waals surface area contributed by atoms with Crippen LogP contribution in [0.1, 0.15) is 23.7 Å². The van der Waals surface area contributed by atoms with E-state index < -0.39 is 21.5 Å². The molecule has 2 aromatic heterocycles. The third-order valence-corrected chi connectivity index (χ3v) is 7.12. The van der Waals surface area contributed by atoms with E-state index in [2.05, 4.69) is 15.1 Å². The highest BCUT2D eigenvalue weighted by atomic mass is 35.5. The van der Waals surface area contributed by atoms with Crippen LogP contribution in [0.4, 0.5) is 8.78 Å². The second kappa shape index (κ2) is 8.03. The van der Waals surface area contributed by atoms with Gasteiger partial charge < -0.3 is 4.74 Å². The van der Waals surface area contributed by atoms with Gasteiger partial charge in [-0.15, -0.1) is 0 Å². The first kappa shape index (κ1) is 21.7. The largest absolute Gasteiger partial charge is 0.494 e. The second-order valence-corrected chi connectivity index (χ2v) is 10.0. The molecule has 11 heteroatoms. The molecule has 2 aromatic carbocycles. The predicted octanol–water partition coefficient (Wildman–Crippen LogP) is 4.30. The quantitative estimate of drug-likeness (QED) is 0.388. The van der Waals surface area contributed by atoms with Crippen molar-refractivity contribution in [2.75, 3.05) is 6.61 Å². The molecule has 0 amide bonds. The molecule has 7 nitrogen and oxygen atoms in total. The molecule has 0 N–H and O–H groups in total.